The average Bonchev–Trinajstić information content (AvgIpc) is 3.51. The molecule has 3 aromatic rings. The molecular formula is C23H22N4O6S3. The lowest BCUT2D eigenvalue weighted by atomic mass is 10.1. The maximum Gasteiger partial charge on any atom is 0.353 e. The van der Waals surface area contributed by atoms with Crippen molar-refractivity contribution in [3.05, 3.63) is 51.7 Å². The second kappa shape index (κ2) is 11.9. The number of nitrogens with zero attached hydrogens (tertiary/aromatic N) is 3. The number of nitrogens with one attached hydrogen (secondary N) is 1. The van der Waals surface area contributed by atoms with Gasteiger partial charge in [-0.15, -0.1) is 21.5 Å². The molecule has 1 amide bonds. The van der Waals surface area contributed by atoms with Gasteiger partial charge in [-0.3, -0.25) is 10.1 Å². The van der Waals surface area contributed by atoms with E-state index in [1.807, 2.05) is 6.07 Å². The zero-order chi connectivity index (χ0) is 26.3. The van der Waals surface area contributed by atoms with Gasteiger partial charge in [-0.2, -0.15) is 5.26 Å². The van der Waals surface area contributed by atoms with Crippen molar-refractivity contribution in [3.8, 4) is 17.6 Å². The molecule has 0 unspecified atom stereocenters. The maximum absolute atomic E-state index is 12.6. The van der Waals surface area contributed by atoms with Crippen LogP contribution >= 0.6 is 22.7 Å². The Kier molecular flexibility index (Phi) is 8.92. The number of benzene rings is 1. The van der Waals surface area contributed by atoms with Gasteiger partial charge in [0.25, 0.3) is 5.91 Å². The third-order valence-corrected chi connectivity index (χ3v) is 8.53. The van der Waals surface area contributed by atoms with Crippen molar-refractivity contribution in [1.29, 1.82) is 5.26 Å². The van der Waals surface area contributed by atoms with Crippen LogP contribution in [0.5, 0.6) is 11.5 Å². The summed E-state index contributed by atoms with van der Waals surface area (Å²) in [7, 11) is -3.62. The van der Waals surface area contributed by atoms with E-state index in [1.165, 1.54) is 29.5 Å². The minimum Gasteiger partial charge on any atom is -0.490 e. The standard InChI is InChI=1S/C23H22N4O6S3/c1-4-32-18-11-15(7-8-17(18)33-21(29)19-6-5-9-34-19)10-16(12-24)20(28)25-22-26-27-23(35-22)36(30,31)13-14(2)3/h5-11,14H,4,13H2,1-3H3,(H,25,26,28). The second-order valence-electron chi connectivity index (χ2n) is 7.68. The molecule has 36 heavy (non-hydrogen) atoms. The molecule has 0 atom stereocenters. The van der Waals surface area contributed by atoms with Crippen LogP contribution < -0.4 is 14.8 Å². The largest absolute Gasteiger partial charge is 0.490 e. The molecule has 0 saturated carbocycles. The zero-order valence-electron chi connectivity index (χ0n) is 19.5. The number of esters is 1. The van der Waals surface area contributed by atoms with Gasteiger partial charge < -0.3 is 9.47 Å². The van der Waals surface area contributed by atoms with E-state index in [0.717, 1.165) is 0 Å². The van der Waals surface area contributed by atoms with E-state index in [9.17, 15) is 23.3 Å². The van der Waals surface area contributed by atoms with Gasteiger partial charge in [-0.05, 0) is 48.1 Å². The molecule has 0 aliphatic carbocycles. The Bertz CT molecular complexity index is 1420. The Morgan fingerprint density at radius 1 is 1.22 bits per heavy atom. The van der Waals surface area contributed by atoms with Crippen LogP contribution in [0.1, 0.15) is 36.0 Å². The van der Waals surface area contributed by atoms with Crippen molar-refractivity contribution >= 4 is 55.6 Å². The van der Waals surface area contributed by atoms with Crippen molar-refractivity contribution in [2.45, 2.75) is 25.1 Å². The zero-order valence-corrected chi connectivity index (χ0v) is 22.0. The number of rotatable bonds is 10. The molecule has 0 bridgehead atoms. The summed E-state index contributed by atoms with van der Waals surface area (Å²) in [5.74, 6) is -1.06. The lowest BCUT2D eigenvalue weighted by molar-refractivity contribution is -0.112. The van der Waals surface area contributed by atoms with Crippen molar-refractivity contribution in [3.63, 3.8) is 0 Å². The van der Waals surface area contributed by atoms with Gasteiger partial charge in [-0.25, -0.2) is 13.2 Å². The summed E-state index contributed by atoms with van der Waals surface area (Å²) in [5, 5.41) is 21.0. The molecule has 1 N–H and O–H groups in total. The van der Waals surface area contributed by atoms with E-state index in [0.29, 0.717) is 28.4 Å². The summed E-state index contributed by atoms with van der Waals surface area (Å²) >= 11 is 1.96. The van der Waals surface area contributed by atoms with Gasteiger partial charge in [0.1, 0.15) is 16.5 Å². The molecule has 2 heterocycles. The Morgan fingerprint density at radius 2 is 2.00 bits per heavy atom. The molecule has 0 aliphatic rings. The Labute approximate surface area is 216 Å². The molecule has 0 spiro atoms. The highest BCUT2D eigenvalue weighted by molar-refractivity contribution is 7.93. The number of thiophene rings is 1. The molecule has 0 saturated heterocycles. The van der Waals surface area contributed by atoms with Crippen LogP contribution in [0.3, 0.4) is 0 Å². The fraction of sp³-hybridized carbons (Fsp3) is 0.261. The number of anilines is 1. The van der Waals surface area contributed by atoms with E-state index in [2.05, 4.69) is 15.5 Å². The first-order chi connectivity index (χ1) is 17.1. The highest BCUT2D eigenvalue weighted by Gasteiger charge is 2.23. The molecule has 1 aromatic carbocycles. The van der Waals surface area contributed by atoms with Crippen LogP contribution in [0.15, 0.2) is 45.6 Å². The fourth-order valence-corrected chi connectivity index (χ4v) is 6.09. The highest BCUT2D eigenvalue weighted by atomic mass is 32.2. The number of aromatic nitrogens is 2. The number of amides is 1. The Hall–Kier alpha value is -3.60. The molecule has 0 radical (unpaired) electrons. The number of carbonyl (C=O) groups excluding carboxylic acids is 2. The van der Waals surface area contributed by atoms with Crippen molar-refractivity contribution in [1.82, 2.24) is 10.2 Å². The molecule has 13 heteroatoms. The van der Waals surface area contributed by atoms with Gasteiger partial charge in [0.05, 0.1) is 12.4 Å². The van der Waals surface area contributed by atoms with E-state index in [1.54, 1.807) is 44.4 Å². The van der Waals surface area contributed by atoms with Gasteiger partial charge in [0, 0.05) is 0 Å². The lowest BCUT2D eigenvalue weighted by Crippen LogP contribution is -2.13. The smallest absolute Gasteiger partial charge is 0.353 e. The van der Waals surface area contributed by atoms with E-state index in [4.69, 9.17) is 9.47 Å². The normalized spacial score (nSPS) is 11.7. The number of hydrogen-bond donors (Lipinski definition) is 1. The molecule has 2 aromatic heterocycles. The number of carbonyl (C=O) groups is 2. The Morgan fingerprint density at radius 3 is 2.64 bits per heavy atom. The molecule has 0 aliphatic heterocycles. The van der Waals surface area contributed by atoms with Gasteiger partial charge >= 0.3 is 5.97 Å². The first-order valence-corrected chi connectivity index (χ1v) is 14.0. The van der Waals surface area contributed by atoms with Crippen molar-refractivity contribution in [2.75, 3.05) is 17.7 Å². The fourth-order valence-electron chi connectivity index (χ4n) is 2.89. The summed E-state index contributed by atoms with van der Waals surface area (Å²) in [5.41, 5.74) is 0.182. The number of sulfone groups is 1. The molecule has 0 fully saturated rings. The third-order valence-electron chi connectivity index (χ3n) is 4.31. The maximum atomic E-state index is 12.6. The van der Waals surface area contributed by atoms with Gasteiger partial charge in [-0.1, -0.05) is 37.3 Å². The number of ether oxygens (including phenoxy) is 2. The minimum absolute atomic E-state index is 0.0469. The summed E-state index contributed by atoms with van der Waals surface area (Å²) in [4.78, 5) is 25.4. The van der Waals surface area contributed by atoms with Crippen LogP contribution in [0.25, 0.3) is 6.08 Å². The summed E-state index contributed by atoms with van der Waals surface area (Å²) in [6, 6.07) is 9.79. The van der Waals surface area contributed by atoms with E-state index in [-0.39, 0.29) is 38.2 Å². The first-order valence-electron chi connectivity index (χ1n) is 10.6. The minimum atomic E-state index is -3.62. The number of nitriles is 1. The third kappa shape index (κ3) is 6.97. The summed E-state index contributed by atoms with van der Waals surface area (Å²) in [6.45, 7) is 5.59. The lowest BCUT2D eigenvalue weighted by Gasteiger charge is -2.11. The van der Waals surface area contributed by atoms with Crippen molar-refractivity contribution in [2.24, 2.45) is 5.92 Å². The van der Waals surface area contributed by atoms with Crippen LogP contribution in [0, 0.1) is 17.2 Å². The monoisotopic (exact) mass is 546 g/mol. The topological polar surface area (TPSA) is 148 Å². The van der Waals surface area contributed by atoms with Crippen LogP contribution in [0.4, 0.5) is 5.13 Å². The average molecular weight is 547 g/mol. The summed E-state index contributed by atoms with van der Waals surface area (Å²) < 4.78 is 35.4. The van der Waals surface area contributed by atoms with E-state index < -0.39 is 21.7 Å². The van der Waals surface area contributed by atoms with Crippen LogP contribution in [-0.4, -0.2) is 42.9 Å². The quantitative estimate of drug-likeness (QED) is 0.130. The van der Waals surface area contributed by atoms with E-state index >= 15 is 0 Å². The molecular weight excluding hydrogens is 524 g/mol. The predicted molar refractivity (Wildman–Crippen MR) is 136 cm³/mol. The molecule has 3 rings (SSSR count). The van der Waals surface area contributed by atoms with Gasteiger partial charge in [0.2, 0.25) is 19.3 Å². The van der Waals surface area contributed by atoms with Crippen LogP contribution in [-0.2, 0) is 14.6 Å². The first kappa shape index (κ1) is 27.0. The second-order valence-corrected chi connectivity index (χ2v) is 11.8. The Balaban J connectivity index is 1.78. The number of hydrogen-bond acceptors (Lipinski definition) is 11. The van der Waals surface area contributed by atoms with Gasteiger partial charge in [0.15, 0.2) is 11.5 Å². The summed E-state index contributed by atoms with van der Waals surface area (Å²) in [6.07, 6.45) is 1.32. The molecule has 188 valence electrons. The highest BCUT2D eigenvalue weighted by Crippen LogP contribution is 2.31. The SMILES string of the molecule is CCOc1cc(C=C(C#N)C(=O)Nc2nnc(S(=O)(=O)CC(C)C)s2)ccc1OC(=O)c1cccs1. The van der Waals surface area contributed by atoms with Crippen LogP contribution in [0.2, 0.25) is 0 Å². The van der Waals surface area contributed by atoms with Crippen molar-refractivity contribution < 1.29 is 27.5 Å². The molecule has 10 nitrogen and oxygen atoms in total. The predicted octanol–water partition coefficient (Wildman–Crippen LogP) is 4.19.